The normalized spacial score (nSPS) is 13.1. The van der Waals surface area contributed by atoms with Gasteiger partial charge in [0.15, 0.2) is 23.2 Å². The van der Waals surface area contributed by atoms with E-state index in [2.05, 4.69) is 15.6 Å². The fraction of sp³-hybridized carbons (Fsp3) is 0.421. The Morgan fingerprint density at radius 3 is 2.75 bits per heavy atom. The number of aromatic nitrogens is 1. The molecule has 3 rings (SSSR count). The molecule has 0 radical (unpaired) electrons. The molecule has 0 bridgehead atoms. The Labute approximate surface area is 167 Å². The zero-order valence-corrected chi connectivity index (χ0v) is 17.0. The Balaban J connectivity index is 1.57. The van der Waals surface area contributed by atoms with Crippen molar-refractivity contribution in [3.8, 4) is 11.5 Å². The Morgan fingerprint density at radius 2 is 2.04 bits per heavy atom. The number of thiazole rings is 1. The summed E-state index contributed by atoms with van der Waals surface area (Å²) in [7, 11) is 1.56. The highest BCUT2D eigenvalue weighted by Crippen LogP contribution is 2.29. The van der Waals surface area contributed by atoms with Gasteiger partial charge in [0.05, 0.1) is 19.3 Å². The predicted octanol–water partition coefficient (Wildman–Crippen LogP) is 2.65. The number of para-hydroxylation sites is 2. The van der Waals surface area contributed by atoms with Crippen LogP contribution in [0.4, 0.5) is 9.93 Å². The molecule has 2 heterocycles. The molecule has 1 aromatic heterocycles. The van der Waals surface area contributed by atoms with Crippen molar-refractivity contribution >= 4 is 28.4 Å². The van der Waals surface area contributed by atoms with Crippen LogP contribution in [0.3, 0.4) is 0 Å². The van der Waals surface area contributed by atoms with Crippen molar-refractivity contribution in [1.29, 1.82) is 0 Å². The molecule has 8 nitrogen and oxygen atoms in total. The molecule has 150 valence electrons. The third-order valence-corrected chi connectivity index (χ3v) is 5.14. The first-order chi connectivity index (χ1) is 13.5. The van der Waals surface area contributed by atoms with Crippen LogP contribution in [0.5, 0.6) is 11.5 Å². The fourth-order valence-corrected chi connectivity index (χ4v) is 3.84. The number of nitrogens with zero attached hydrogens (tertiary/aromatic N) is 2. The zero-order valence-electron chi connectivity index (χ0n) is 16.2. The van der Waals surface area contributed by atoms with Crippen LogP contribution in [0.1, 0.15) is 24.4 Å². The third-order valence-electron chi connectivity index (χ3n) is 4.14. The molecule has 0 unspecified atom stereocenters. The van der Waals surface area contributed by atoms with Gasteiger partial charge < -0.3 is 19.7 Å². The largest absolute Gasteiger partial charge is 0.493 e. The summed E-state index contributed by atoms with van der Waals surface area (Å²) >= 11 is 1.39. The average Bonchev–Trinajstić information content (AvgIpc) is 3.06. The van der Waals surface area contributed by atoms with Gasteiger partial charge in [0.2, 0.25) is 0 Å². The van der Waals surface area contributed by atoms with Gasteiger partial charge in [-0.3, -0.25) is 10.1 Å². The molecule has 9 heteroatoms. The Hall–Kier alpha value is -2.81. The number of fused-ring (bicyclic) bond motifs is 1. The molecule has 0 spiro atoms. The molecule has 0 aliphatic carbocycles. The zero-order chi connectivity index (χ0) is 20.1. The van der Waals surface area contributed by atoms with Gasteiger partial charge in [-0.25, -0.2) is 9.78 Å². The van der Waals surface area contributed by atoms with Crippen molar-refractivity contribution in [2.24, 2.45) is 0 Å². The number of hydrogen-bond acceptors (Lipinski definition) is 6. The third kappa shape index (κ3) is 4.92. The molecule has 1 aliphatic heterocycles. The molecule has 3 amide bonds. The van der Waals surface area contributed by atoms with E-state index < -0.39 is 0 Å². The van der Waals surface area contributed by atoms with Gasteiger partial charge in [-0.05, 0) is 26.0 Å². The van der Waals surface area contributed by atoms with E-state index in [9.17, 15) is 9.59 Å². The second kappa shape index (κ2) is 8.92. The summed E-state index contributed by atoms with van der Waals surface area (Å²) in [5, 5.41) is 6.06. The van der Waals surface area contributed by atoms with Crippen LogP contribution in [0, 0.1) is 0 Å². The number of rotatable bonds is 6. The second-order valence-corrected chi connectivity index (χ2v) is 7.73. The highest BCUT2D eigenvalue weighted by molar-refractivity contribution is 7.15. The van der Waals surface area contributed by atoms with Crippen LogP contribution >= 0.6 is 11.3 Å². The highest BCUT2D eigenvalue weighted by Gasteiger charge is 2.25. The first kappa shape index (κ1) is 19.9. The molecule has 0 saturated carbocycles. The summed E-state index contributed by atoms with van der Waals surface area (Å²) in [5.41, 5.74) is 0.930. The number of urea groups is 1. The van der Waals surface area contributed by atoms with Crippen LogP contribution in [0.2, 0.25) is 0 Å². The Morgan fingerprint density at radius 1 is 1.29 bits per heavy atom. The average molecular weight is 404 g/mol. The van der Waals surface area contributed by atoms with Crippen LogP contribution < -0.4 is 20.1 Å². The van der Waals surface area contributed by atoms with Crippen molar-refractivity contribution in [2.75, 3.05) is 25.6 Å². The molecule has 1 aromatic carbocycles. The minimum Gasteiger partial charge on any atom is -0.493 e. The Bertz CT molecular complexity index is 852. The maximum Gasteiger partial charge on any atom is 0.321 e. The van der Waals surface area contributed by atoms with Gasteiger partial charge in [-0.2, -0.15) is 0 Å². The molecule has 1 aliphatic rings. The topological polar surface area (TPSA) is 92.8 Å². The Kier molecular flexibility index (Phi) is 6.35. The van der Waals surface area contributed by atoms with Crippen LogP contribution in [-0.4, -0.2) is 48.1 Å². The van der Waals surface area contributed by atoms with Gasteiger partial charge >= 0.3 is 6.03 Å². The van der Waals surface area contributed by atoms with Gasteiger partial charge in [0.1, 0.15) is 0 Å². The number of methoxy groups -OCH3 is 1. The standard InChI is InChI=1S/C19H24N4O4S/c1-12(2)20-18(25)22-19-21-13-8-9-23(10-16(13)28-19)17(24)11-27-15-7-5-4-6-14(15)26-3/h4-7,12H,8-11H2,1-3H3,(H2,20,21,22,25). The van der Waals surface area contributed by atoms with E-state index in [0.717, 1.165) is 10.6 Å². The van der Waals surface area contributed by atoms with Crippen molar-refractivity contribution in [1.82, 2.24) is 15.2 Å². The van der Waals surface area contributed by atoms with Crippen molar-refractivity contribution in [3.63, 3.8) is 0 Å². The lowest BCUT2D eigenvalue weighted by Gasteiger charge is -2.26. The molecule has 28 heavy (non-hydrogen) atoms. The van der Waals surface area contributed by atoms with E-state index in [1.165, 1.54) is 11.3 Å². The number of ether oxygens (including phenoxy) is 2. The SMILES string of the molecule is COc1ccccc1OCC(=O)N1CCc2nc(NC(=O)NC(C)C)sc2C1. The first-order valence-corrected chi connectivity index (χ1v) is 9.87. The number of hydrogen-bond donors (Lipinski definition) is 2. The van der Waals surface area contributed by atoms with Crippen molar-refractivity contribution < 1.29 is 19.1 Å². The van der Waals surface area contributed by atoms with Crippen LogP contribution in [0.25, 0.3) is 0 Å². The van der Waals surface area contributed by atoms with E-state index in [-0.39, 0.29) is 24.6 Å². The molecular formula is C19H24N4O4S. The molecule has 0 saturated heterocycles. The molecule has 0 fully saturated rings. The van der Waals surface area contributed by atoms with E-state index in [0.29, 0.717) is 36.1 Å². The van der Waals surface area contributed by atoms with Gasteiger partial charge in [0, 0.05) is 23.9 Å². The van der Waals surface area contributed by atoms with Gasteiger partial charge in [-0.15, -0.1) is 0 Å². The summed E-state index contributed by atoms with van der Waals surface area (Å²) in [6.45, 7) is 4.76. The second-order valence-electron chi connectivity index (χ2n) is 6.65. The predicted molar refractivity (Wildman–Crippen MR) is 107 cm³/mol. The fourth-order valence-electron chi connectivity index (χ4n) is 2.83. The number of nitrogens with one attached hydrogen (secondary N) is 2. The minimum atomic E-state index is -0.278. The van der Waals surface area contributed by atoms with E-state index in [1.54, 1.807) is 24.1 Å². The lowest BCUT2D eigenvalue weighted by molar-refractivity contribution is -0.134. The maximum atomic E-state index is 12.6. The van der Waals surface area contributed by atoms with E-state index in [1.807, 2.05) is 26.0 Å². The van der Waals surface area contributed by atoms with Crippen molar-refractivity contribution in [3.05, 3.63) is 34.8 Å². The number of carbonyl (C=O) groups is 2. The lowest BCUT2D eigenvalue weighted by Crippen LogP contribution is -2.38. The lowest BCUT2D eigenvalue weighted by atomic mass is 10.2. The molecule has 2 N–H and O–H groups in total. The summed E-state index contributed by atoms with van der Waals surface area (Å²) < 4.78 is 10.9. The van der Waals surface area contributed by atoms with E-state index in [4.69, 9.17) is 9.47 Å². The smallest absolute Gasteiger partial charge is 0.321 e. The number of carbonyl (C=O) groups excluding carboxylic acids is 2. The first-order valence-electron chi connectivity index (χ1n) is 9.06. The minimum absolute atomic E-state index is 0.0472. The monoisotopic (exact) mass is 404 g/mol. The van der Waals surface area contributed by atoms with Gasteiger partial charge in [0.25, 0.3) is 5.91 Å². The van der Waals surface area contributed by atoms with Crippen molar-refractivity contribution in [2.45, 2.75) is 32.9 Å². The maximum absolute atomic E-state index is 12.6. The van der Waals surface area contributed by atoms with Gasteiger partial charge in [-0.1, -0.05) is 23.5 Å². The summed E-state index contributed by atoms with van der Waals surface area (Å²) in [4.78, 5) is 31.6. The molecule has 2 aromatic rings. The molecular weight excluding hydrogens is 380 g/mol. The van der Waals surface area contributed by atoms with E-state index >= 15 is 0 Å². The number of benzene rings is 1. The summed E-state index contributed by atoms with van der Waals surface area (Å²) in [5.74, 6) is 1.03. The quantitative estimate of drug-likeness (QED) is 0.772. The van der Waals surface area contributed by atoms with Crippen LogP contribution in [-0.2, 0) is 17.8 Å². The van der Waals surface area contributed by atoms with Crippen LogP contribution in [0.15, 0.2) is 24.3 Å². The highest BCUT2D eigenvalue weighted by atomic mass is 32.1. The number of anilines is 1. The molecule has 0 atom stereocenters. The summed E-state index contributed by atoms with van der Waals surface area (Å²) in [6.07, 6.45) is 0.652. The summed E-state index contributed by atoms with van der Waals surface area (Å²) in [6, 6.07) is 7.00. The number of amides is 3.